The normalized spacial score (nSPS) is 15.7. The second kappa shape index (κ2) is 6.19. The number of hydrogen-bond acceptors (Lipinski definition) is 6. The van der Waals surface area contributed by atoms with Gasteiger partial charge in [0.15, 0.2) is 5.69 Å². The minimum Gasteiger partial charge on any atom is -0.348 e. The monoisotopic (exact) mass is 317 g/mol. The zero-order valence-corrected chi connectivity index (χ0v) is 13.1. The molecule has 2 aromatic heterocycles. The molecule has 1 aliphatic heterocycles. The molecule has 9 heteroatoms. The van der Waals surface area contributed by atoms with Gasteiger partial charge in [-0.1, -0.05) is 5.21 Å². The van der Waals surface area contributed by atoms with Gasteiger partial charge in [0.05, 0.1) is 6.20 Å². The number of piperidine rings is 1. The molecular formula is C14H19N7O2. The van der Waals surface area contributed by atoms with Crippen molar-refractivity contribution >= 4 is 11.9 Å². The first-order valence-corrected chi connectivity index (χ1v) is 7.51. The molecule has 1 saturated heterocycles. The standard InChI is InChI=1S/C14H19N7O2/c1-9-7-12(22)17-14(15-9)21-5-3-10(4-6-21)16-13(23)11-8-20(2)19-18-11/h7-8,10H,3-6H2,1-2H3,(H,16,23)(H,15,17,22). The van der Waals surface area contributed by atoms with Gasteiger partial charge in [0.25, 0.3) is 11.5 Å². The molecule has 0 bridgehead atoms. The Balaban J connectivity index is 1.58. The smallest absolute Gasteiger partial charge is 0.273 e. The number of aryl methyl sites for hydroxylation is 2. The van der Waals surface area contributed by atoms with Crippen LogP contribution in [0.2, 0.25) is 0 Å². The van der Waals surface area contributed by atoms with Gasteiger partial charge in [-0.15, -0.1) is 5.10 Å². The van der Waals surface area contributed by atoms with Crippen LogP contribution >= 0.6 is 0 Å². The molecular weight excluding hydrogens is 298 g/mol. The summed E-state index contributed by atoms with van der Waals surface area (Å²) in [5, 5.41) is 10.5. The highest BCUT2D eigenvalue weighted by atomic mass is 16.2. The summed E-state index contributed by atoms with van der Waals surface area (Å²) in [6.07, 6.45) is 3.15. The Morgan fingerprint density at radius 1 is 1.39 bits per heavy atom. The first-order valence-electron chi connectivity index (χ1n) is 7.51. The van der Waals surface area contributed by atoms with E-state index in [1.807, 2.05) is 4.90 Å². The molecule has 1 aliphatic rings. The van der Waals surface area contributed by atoms with E-state index in [2.05, 4.69) is 25.6 Å². The average Bonchev–Trinajstić information content (AvgIpc) is 2.94. The van der Waals surface area contributed by atoms with Crippen LogP contribution in [0.1, 0.15) is 29.0 Å². The Morgan fingerprint density at radius 2 is 2.13 bits per heavy atom. The fourth-order valence-corrected chi connectivity index (χ4v) is 2.66. The van der Waals surface area contributed by atoms with E-state index < -0.39 is 0 Å². The Hall–Kier alpha value is -2.71. The molecule has 0 spiro atoms. The number of carbonyl (C=O) groups is 1. The molecule has 0 unspecified atom stereocenters. The summed E-state index contributed by atoms with van der Waals surface area (Å²) in [4.78, 5) is 32.7. The molecule has 23 heavy (non-hydrogen) atoms. The molecule has 0 atom stereocenters. The number of anilines is 1. The van der Waals surface area contributed by atoms with Crippen molar-refractivity contribution in [3.05, 3.63) is 34.0 Å². The number of aromatic amines is 1. The van der Waals surface area contributed by atoms with E-state index in [0.29, 0.717) is 17.3 Å². The summed E-state index contributed by atoms with van der Waals surface area (Å²) >= 11 is 0. The lowest BCUT2D eigenvalue weighted by atomic mass is 10.1. The maximum atomic E-state index is 12.1. The summed E-state index contributed by atoms with van der Waals surface area (Å²) in [7, 11) is 1.72. The van der Waals surface area contributed by atoms with Crippen LogP contribution in [0.3, 0.4) is 0 Å². The second-order valence-electron chi connectivity index (χ2n) is 5.72. The van der Waals surface area contributed by atoms with Crippen LogP contribution in [0, 0.1) is 6.92 Å². The van der Waals surface area contributed by atoms with Crippen LogP contribution in [0.5, 0.6) is 0 Å². The molecule has 3 rings (SSSR count). The third-order valence-corrected chi connectivity index (χ3v) is 3.82. The Labute approximate surface area is 132 Å². The fraction of sp³-hybridized carbons (Fsp3) is 0.500. The molecule has 0 radical (unpaired) electrons. The zero-order valence-electron chi connectivity index (χ0n) is 13.1. The lowest BCUT2D eigenvalue weighted by Gasteiger charge is -2.32. The van der Waals surface area contributed by atoms with Crippen molar-refractivity contribution in [2.24, 2.45) is 7.05 Å². The van der Waals surface area contributed by atoms with Crippen LogP contribution in [0.15, 0.2) is 17.1 Å². The predicted octanol–water partition coefficient (Wildman–Crippen LogP) is -0.394. The molecule has 3 heterocycles. The zero-order chi connectivity index (χ0) is 16.4. The van der Waals surface area contributed by atoms with Crippen molar-refractivity contribution in [3.63, 3.8) is 0 Å². The Kier molecular flexibility index (Phi) is 4.09. The Morgan fingerprint density at radius 3 is 2.74 bits per heavy atom. The van der Waals surface area contributed by atoms with Gasteiger partial charge in [-0.05, 0) is 19.8 Å². The summed E-state index contributed by atoms with van der Waals surface area (Å²) in [6.45, 7) is 3.24. The van der Waals surface area contributed by atoms with E-state index in [-0.39, 0.29) is 17.5 Å². The Bertz CT molecular complexity index is 758. The molecule has 1 fully saturated rings. The van der Waals surface area contributed by atoms with Gasteiger partial charge in [-0.3, -0.25) is 19.3 Å². The van der Waals surface area contributed by atoms with Crippen molar-refractivity contribution in [2.45, 2.75) is 25.8 Å². The van der Waals surface area contributed by atoms with Gasteiger partial charge < -0.3 is 10.2 Å². The predicted molar refractivity (Wildman–Crippen MR) is 83.3 cm³/mol. The first kappa shape index (κ1) is 15.2. The summed E-state index contributed by atoms with van der Waals surface area (Å²) in [5.41, 5.74) is 0.868. The maximum Gasteiger partial charge on any atom is 0.273 e. The summed E-state index contributed by atoms with van der Waals surface area (Å²) in [5.74, 6) is 0.382. The number of nitrogens with zero attached hydrogens (tertiary/aromatic N) is 5. The fourth-order valence-electron chi connectivity index (χ4n) is 2.66. The second-order valence-corrected chi connectivity index (χ2v) is 5.72. The molecule has 2 N–H and O–H groups in total. The SMILES string of the molecule is Cc1cc(=O)[nH]c(N2CCC(NC(=O)c3cn(C)nn3)CC2)n1. The molecule has 0 saturated carbocycles. The van der Waals surface area contributed by atoms with Crippen LogP contribution in [0.4, 0.5) is 5.95 Å². The number of H-pyrrole nitrogens is 1. The number of aromatic nitrogens is 5. The van der Waals surface area contributed by atoms with E-state index in [4.69, 9.17) is 0 Å². The van der Waals surface area contributed by atoms with E-state index in [1.165, 1.54) is 10.7 Å². The van der Waals surface area contributed by atoms with E-state index >= 15 is 0 Å². The van der Waals surface area contributed by atoms with Crippen molar-refractivity contribution < 1.29 is 4.79 Å². The van der Waals surface area contributed by atoms with Gasteiger partial charge in [0.1, 0.15) is 0 Å². The number of nitrogens with one attached hydrogen (secondary N) is 2. The molecule has 9 nitrogen and oxygen atoms in total. The molecule has 0 aliphatic carbocycles. The number of carbonyl (C=O) groups excluding carboxylic acids is 1. The van der Waals surface area contributed by atoms with Crippen LogP contribution in [0.25, 0.3) is 0 Å². The molecule has 0 aromatic carbocycles. The van der Waals surface area contributed by atoms with Crippen molar-refractivity contribution in [2.75, 3.05) is 18.0 Å². The third-order valence-electron chi connectivity index (χ3n) is 3.82. The van der Waals surface area contributed by atoms with Crippen LogP contribution < -0.4 is 15.8 Å². The average molecular weight is 317 g/mol. The molecule has 122 valence electrons. The van der Waals surface area contributed by atoms with Crippen molar-refractivity contribution in [1.82, 2.24) is 30.3 Å². The number of amides is 1. The van der Waals surface area contributed by atoms with Gasteiger partial charge in [0.2, 0.25) is 5.95 Å². The summed E-state index contributed by atoms with van der Waals surface area (Å²) in [6, 6.07) is 1.55. The topological polar surface area (TPSA) is 109 Å². The van der Waals surface area contributed by atoms with Crippen LogP contribution in [-0.2, 0) is 7.05 Å². The van der Waals surface area contributed by atoms with E-state index in [0.717, 1.165) is 25.9 Å². The minimum absolute atomic E-state index is 0.0808. The highest BCUT2D eigenvalue weighted by Crippen LogP contribution is 2.15. The van der Waals surface area contributed by atoms with Crippen molar-refractivity contribution in [3.8, 4) is 0 Å². The highest BCUT2D eigenvalue weighted by Gasteiger charge is 2.23. The molecule has 1 amide bonds. The van der Waals surface area contributed by atoms with Gasteiger partial charge >= 0.3 is 0 Å². The lowest BCUT2D eigenvalue weighted by Crippen LogP contribution is -2.45. The maximum absolute atomic E-state index is 12.1. The quantitative estimate of drug-likeness (QED) is 0.798. The minimum atomic E-state index is -0.210. The highest BCUT2D eigenvalue weighted by molar-refractivity contribution is 5.92. The van der Waals surface area contributed by atoms with Crippen LogP contribution in [-0.4, -0.2) is 50.0 Å². The van der Waals surface area contributed by atoms with Gasteiger partial charge in [-0.2, -0.15) is 0 Å². The lowest BCUT2D eigenvalue weighted by molar-refractivity contribution is 0.0926. The third kappa shape index (κ3) is 3.55. The number of rotatable bonds is 3. The largest absolute Gasteiger partial charge is 0.348 e. The molecule has 2 aromatic rings. The van der Waals surface area contributed by atoms with E-state index in [1.54, 1.807) is 20.2 Å². The number of hydrogen-bond donors (Lipinski definition) is 2. The first-order chi connectivity index (χ1) is 11.0. The summed E-state index contributed by atoms with van der Waals surface area (Å²) < 4.78 is 1.50. The van der Waals surface area contributed by atoms with Crippen molar-refractivity contribution in [1.29, 1.82) is 0 Å². The van der Waals surface area contributed by atoms with Gasteiger partial charge in [0, 0.05) is 37.9 Å². The van der Waals surface area contributed by atoms with E-state index in [9.17, 15) is 9.59 Å². The van der Waals surface area contributed by atoms with Gasteiger partial charge in [-0.25, -0.2) is 4.98 Å².